The Morgan fingerprint density at radius 1 is 1.28 bits per heavy atom. The van der Waals surface area contributed by atoms with E-state index in [0.29, 0.717) is 6.61 Å². The fraction of sp³-hybridized carbons (Fsp3) is 0.542. The first-order chi connectivity index (χ1) is 13.4. The van der Waals surface area contributed by atoms with E-state index in [2.05, 4.69) is 83.3 Å². The first-order valence-electron chi connectivity index (χ1n) is 10.5. The highest BCUT2D eigenvalue weighted by atomic mass is 28.4. The maximum atomic E-state index is 10.0. The molecule has 4 nitrogen and oxygen atoms in total. The Balaban J connectivity index is 1.84. The van der Waals surface area contributed by atoms with Crippen molar-refractivity contribution in [1.29, 1.82) is 0 Å². The molecule has 1 N–H and O–H groups in total. The van der Waals surface area contributed by atoms with Gasteiger partial charge in [0.1, 0.15) is 0 Å². The molecule has 0 aliphatic carbocycles. The van der Waals surface area contributed by atoms with Crippen molar-refractivity contribution < 1.29 is 14.3 Å². The summed E-state index contributed by atoms with van der Waals surface area (Å²) in [5, 5.41) is 11.3. The third kappa shape index (κ3) is 4.80. The fourth-order valence-electron chi connectivity index (χ4n) is 3.32. The number of pyridine rings is 1. The van der Waals surface area contributed by atoms with E-state index in [-0.39, 0.29) is 16.6 Å². The lowest BCUT2D eigenvalue weighted by Gasteiger charge is -2.38. The van der Waals surface area contributed by atoms with Crippen molar-refractivity contribution in [3.63, 3.8) is 0 Å². The average Bonchev–Trinajstić information content (AvgIpc) is 2.97. The van der Waals surface area contributed by atoms with Crippen LogP contribution in [-0.4, -0.2) is 31.3 Å². The second-order valence-corrected chi connectivity index (χ2v) is 14.8. The van der Waals surface area contributed by atoms with Gasteiger partial charge in [0, 0.05) is 10.8 Å². The summed E-state index contributed by atoms with van der Waals surface area (Å²) in [4.78, 5) is 4.90. The molecule has 3 atom stereocenters. The molecule has 0 spiro atoms. The number of benzene rings is 1. The van der Waals surface area contributed by atoms with Crippen molar-refractivity contribution in [3.05, 3.63) is 47.7 Å². The zero-order valence-electron chi connectivity index (χ0n) is 18.8. The van der Waals surface area contributed by atoms with Crippen LogP contribution in [0.25, 0.3) is 17.0 Å². The Morgan fingerprint density at radius 3 is 2.59 bits per heavy atom. The predicted molar refractivity (Wildman–Crippen MR) is 122 cm³/mol. The minimum atomic E-state index is -1.86. The van der Waals surface area contributed by atoms with Gasteiger partial charge in [-0.1, -0.05) is 58.0 Å². The van der Waals surface area contributed by atoms with Gasteiger partial charge in [-0.3, -0.25) is 4.98 Å². The quantitative estimate of drug-likeness (QED) is 0.604. The normalized spacial score (nSPS) is 24.5. The van der Waals surface area contributed by atoms with Crippen molar-refractivity contribution in [2.24, 2.45) is 5.41 Å². The van der Waals surface area contributed by atoms with Gasteiger partial charge in [0.2, 0.25) is 0 Å². The number of ether oxygens (including phenoxy) is 1. The van der Waals surface area contributed by atoms with Gasteiger partial charge in [-0.2, -0.15) is 0 Å². The van der Waals surface area contributed by atoms with Crippen molar-refractivity contribution in [2.75, 3.05) is 6.61 Å². The number of hydrogen-bond donors (Lipinski definition) is 1. The minimum absolute atomic E-state index is 0.0378. The Bertz CT molecular complexity index is 903. The first-order valence-corrected chi connectivity index (χ1v) is 13.4. The lowest BCUT2D eigenvalue weighted by Crippen LogP contribution is -2.41. The zero-order chi connectivity index (χ0) is 21.4. The van der Waals surface area contributed by atoms with Gasteiger partial charge in [-0.15, -0.1) is 0 Å². The standard InChI is InChI=1S/C24H35NO3Si/c1-17(28-29(6,7)23(2,3)4)20-11-10-19-9-8-18(16-21(19)25-20)12-13-24(5)14-15-27-22(24)26/h8-13,16-17,22,26H,14-15H2,1-7H3/b13-12+/t17-,22?,24?/m1/s1. The van der Waals surface area contributed by atoms with Gasteiger partial charge in [0.05, 0.1) is 23.9 Å². The lowest BCUT2D eigenvalue weighted by molar-refractivity contribution is -0.0979. The van der Waals surface area contributed by atoms with Crippen molar-refractivity contribution in [2.45, 2.75) is 71.6 Å². The number of fused-ring (bicyclic) bond motifs is 1. The van der Waals surface area contributed by atoms with Gasteiger partial charge in [0.15, 0.2) is 14.6 Å². The molecule has 1 aromatic carbocycles. The van der Waals surface area contributed by atoms with Crippen molar-refractivity contribution >= 4 is 25.3 Å². The molecule has 1 saturated heterocycles. The molecule has 5 heteroatoms. The largest absolute Gasteiger partial charge is 0.409 e. The molecule has 0 saturated carbocycles. The summed E-state index contributed by atoms with van der Waals surface area (Å²) in [5.74, 6) is 0. The van der Waals surface area contributed by atoms with Crippen LogP contribution in [0, 0.1) is 5.41 Å². The average molecular weight is 414 g/mol. The van der Waals surface area contributed by atoms with Gasteiger partial charge >= 0.3 is 0 Å². The van der Waals surface area contributed by atoms with E-state index >= 15 is 0 Å². The number of aliphatic hydroxyl groups is 1. The molecule has 1 aliphatic heterocycles. The van der Waals surface area contributed by atoms with E-state index < -0.39 is 14.6 Å². The topological polar surface area (TPSA) is 51.6 Å². The Hall–Kier alpha value is -1.53. The Labute approximate surface area is 176 Å². The highest BCUT2D eigenvalue weighted by Gasteiger charge is 2.39. The number of aliphatic hydroxyl groups excluding tert-OH is 1. The molecule has 2 heterocycles. The number of nitrogens with zero attached hydrogens (tertiary/aromatic N) is 1. The van der Waals surface area contributed by atoms with Crippen LogP contribution < -0.4 is 0 Å². The molecule has 2 aromatic rings. The molecule has 1 aromatic heterocycles. The summed E-state index contributed by atoms with van der Waals surface area (Å²) < 4.78 is 11.8. The van der Waals surface area contributed by atoms with Crippen LogP contribution >= 0.6 is 0 Å². The van der Waals surface area contributed by atoms with Crippen LogP contribution in [0.5, 0.6) is 0 Å². The molecule has 158 valence electrons. The molecule has 1 aliphatic rings. The molecule has 0 bridgehead atoms. The van der Waals surface area contributed by atoms with Crippen molar-refractivity contribution in [1.82, 2.24) is 4.98 Å². The summed E-state index contributed by atoms with van der Waals surface area (Å²) >= 11 is 0. The van der Waals surface area contributed by atoms with Crippen LogP contribution in [0.15, 0.2) is 36.4 Å². The summed E-state index contributed by atoms with van der Waals surface area (Å²) in [7, 11) is -1.86. The Kier molecular flexibility index (Phi) is 6.07. The summed E-state index contributed by atoms with van der Waals surface area (Å²) in [6, 6.07) is 10.5. The number of aromatic nitrogens is 1. The van der Waals surface area contributed by atoms with Crippen LogP contribution in [0.2, 0.25) is 18.1 Å². The summed E-state index contributed by atoms with van der Waals surface area (Å²) in [6.07, 6.45) is 4.16. The van der Waals surface area contributed by atoms with Gasteiger partial charge in [-0.05, 0) is 49.2 Å². The van der Waals surface area contributed by atoms with E-state index in [9.17, 15) is 5.11 Å². The molecule has 29 heavy (non-hydrogen) atoms. The fourth-order valence-corrected chi connectivity index (χ4v) is 4.67. The molecule has 0 radical (unpaired) electrons. The monoisotopic (exact) mass is 413 g/mol. The summed E-state index contributed by atoms with van der Waals surface area (Å²) in [5.41, 5.74) is 2.66. The van der Waals surface area contributed by atoms with Crippen LogP contribution in [0.1, 0.15) is 58.4 Å². The summed E-state index contributed by atoms with van der Waals surface area (Å²) in [6.45, 7) is 16.0. The van der Waals surface area contributed by atoms with E-state index in [1.54, 1.807) is 0 Å². The first kappa shape index (κ1) is 22.2. The second kappa shape index (κ2) is 7.95. The molecular formula is C24H35NO3Si. The SMILES string of the molecule is C[C@@H](O[Si](C)(C)C(C)(C)C)c1ccc2ccc(/C=C/C3(C)CCOC3O)cc2n1. The third-order valence-corrected chi connectivity index (χ3v) is 11.1. The van der Waals surface area contributed by atoms with Gasteiger partial charge in [0.25, 0.3) is 0 Å². The van der Waals surface area contributed by atoms with Crippen LogP contribution in [0.4, 0.5) is 0 Å². The maximum absolute atomic E-state index is 10.0. The van der Waals surface area contributed by atoms with Gasteiger partial charge in [-0.25, -0.2) is 0 Å². The zero-order valence-corrected chi connectivity index (χ0v) is 19.8. The van der Waals surface area contributed by atoms with Gasteiger partial charge < -0.3 is 14.3 Å². The molecule has 3 rings (SSSR count). The van der Waals surface area contributed by atoms with E-state index in [4.69, 9.17) is 14.1 Å². The second-order valence-electron chi connectivity index (χ2n) is 10.0. The number of rotatable bonds is 5. The van der Waals surface area contributed by atoms with Crippen LogP contribution in [0.3, 0.4) is 0 Å². The molecular weight excluding hydrogens is 378 g/mol. The predicted octanol–water partition coefficient (Wildman–Crippen LogP) is 6.08. The Morgan fingerprint density at radius 2 is 1.97 bits per heavy atom. The molecule has 0 amide bonds. The van der Waals surface area contributed by atoms with E-state index in [1.807, 2.05) is 6.92 Å². The highest BCUT2D eigenvalue weighted by Crippen LogP contribution is 2.39. The van der Waals surface area contributed by atoms with E-state index in [0.717, 1.165) is 28.6 Å². The lowest BCUT2D eigenvalue weighted by atomic mass is 9.87. The molecule has 1 fully saturated rings. The highest BCUT2D eigenvalue weighted by molar-refractivity contribution is 6.74. The third-order valence-electron chi connectivity index (χ3n) is 6.57. The van der Waals surface area contributed by atoms with Crippen LogP contribution in [-0.2, 0) is 9.16 Å². The van der Waals surface area contributed by atoms with Crippen molar-refractivity contribution in [3.8, 4) is 0 Å². The number of hydrogen-bond acceptors (Lipinski definition) is 4. The molecule has 2 unspecified atom stereocenters. The smallest absolute Gasteiger partial charge is 0.192 e. The maximum Gasteiger partial charge on any atom is 0.192 e. The van der Waals surface area contributed by atoms with E-state index in [1.165, 1.54) is 0 Å². The minimum Gasteiger partial charge on any atom is -0.409 e.